The first kappa shape index (κ1) is 20.4. The lowest BCUT2D eigenvalue weighted by Crippen LogP contribution is -2.42. The highest BCUT2D eigenvalue weighted by Gasteiger charge is 2.50. The number of fused-ring (bicyclic) bond motifs is 1. The number of urea groups is 1. The third-order valence-corrected chi connectivity index (χ3v) is 7.94. The van der Waals surface area contributed by atoms with Crippen molar-refractivity contribution in [1.82, 2.24) is 10.0 Å². The van der Waals surface area contributed by atoms with Gasteiger partial charge in [-0.05, 0) is 67.3 Å². The van der Waals surface area contributed by atoms with Gasteiger partial charge >= 0.3 is 6.03 Å². The summed E-state index contributed by atoms with van der Waals surface area (Å²) in [5.74, 6) is 0.620. The van der Waals surface area contributed by atoms with Crippen molar-refractivity contribution in [2.24, 2.45) is 5.92 Å². The number of carbonyl (C=O) groups is 1. The summed E-state index contributed by atoms with van der Waals surface area (Å²) in [6.07, 6.45) is 2.42. The Balaban J connectivity index is 1.48. The van der Waals surface area contributed by atoms with Crippen LogP contribution >= 0.6 is 15.9 Å². The summed E-state index contributed by atoms with van der Waals surface area (Å²) >= 11 is 3.56. The number of hydrogen-bond acceptors (Lipinski definition) is 3. The van der Waals surface area contributed by atoms with Crippen molar-refractivity contribution in [3.05, 3.63) is 58.1 Å². The van der Waals surface area contributed by atoms with E-state index >= 15 is 0 Å². The highest BCUT2D eigenvalue weighted by Crippen LogP contribution is 2.54. The first-order valence-electron chi connectivity index (χ1n) is 9.62. The fraction of sp³-hybridized carbons (Fsp3) is 0.381. The van der Waals surface area contributed by atoms with E-state index in [1.807, 2.05) is 17.0 Å². The van der Waals surface area contributed by atoms with Crippen LogP contribution in [-0.2, 0) is 22.0 Å². The maximum atomic E-state index is 13.0. The van der Waals surface area contributed by atoms with Gasteiger partial charge in [0.1, 0.15) is 0 Å². The first-order chi connectivity index (χ1) is 13.7. The van der Waals surface area contributed by atoms with E-state index in [9.17, 15) is 13.2 Å². The number of nitrogens with one attached hydrogen (secondary N) is 2. The zero-order valence-corrected chi connectivity index (χ0v) is 18.8. The number of halogens is 1. The predicted octanol–water partition coefficient (Wildman–Crippen LogP) is 3.75. The molecule has 1 unspecified atom stereocenters. The van der Waals surface area contributed by atoms with Crippen LogP contribution < -0.4 is 14.9 Å². The van der Waals surface area contributed by atoms with E-state index in [4.69, 9.17) is 0 Å². The monoisotopic (exact) mass is 477 g/mol. The van der Waals surface area contributed by atoms with Gasteiger partial charge in [0.25, 0.3) is 0 Å². The summed E-state index contributed by atoms with van der Waals surface area (Å²) < 4.78 is 27.0. The molecule has 8 heteroatoms. The molecular formula is C21H24BrN3O3S. The second-order valence-corrected chi connectivity index (χ2v) is 10.8. The molecule has 4 rings (SSSR count). The van der Waals surface area contributed by atoms with Crippen LogP contribution in [0, 0.1) is 5.92 Å². The Labute approximate surface area is 179 Å². The van der Waals surface area contributed by atoms with Crippen LogP contribution in [0.25, 0.3) is 0 Å². The van der Waals surface area contributed by atoms with Crippen LogP contribution in [-0.4, -0.2) is 28.0 Å². The minimum Gasteiger partial charge on any atom is -0.334 e. The molecule has 2 aromatic carbocycles. The van der Waals surface area contributed by atoms with Crippen molar-refractivity contribution in [3.63, 3.8) is 0 Å². The van der Waals surface area contributed by atoms with Crippen LogP contribution in [0.2, 0.25) is 0 Å². The summed E-state index contributed by atoms with van der Waals surface area (Å²) in [5.41, 5.74) is 3.02. The second-order valence-electron chi connectivity index (χ2n) is 7.95. The summed E-state index contributed by atoms with van der Waals surface area (Å²) in [7, 11) is -2.08. The molecule has 2 amide bonds. The van der Waals surface area contributed by atoms with Crippen LogP contribution in [0.1, 0.15) is 30.9 Å². The Kier molecular flexibility index (Phi) is 5.21. The van der Waals surface area contributed by atoms with Crippen molar-refractivity contribution < 1.29 is 13.2 Å². The van der Waals surface area contributed by atoms with E-state index in [-0.39, 0.29) is 16.3 Å². The van der Waals surface area contributed by atoms with E-state index in [0.29, 0.717) is 19.0 Å². The molecular weight excluding hydrogens is 454 g/mol. The lowest BCUT2D eigenvalue weighted by Gasteiger charge is -2.25. The van der Waals surface area contributed by atoms with E-state index < -0.39 is 10.0 Å². The van der Waals surface area contributed by atoms with E-state index in [0.717, 1.165) is 15.7 Å². The summed E-state index contributed by atoms with van der Waals surface area (Å²) in [6.45, 7) is 3.26. The molecule has 1 atom stereocenters. The number of sulfonamides is 1. The van der Waals surface area contributed by atoms with Crippen molar-refractivity contribution in [1.29, 1.82) is 0 Å². The summed E-state index contributed by atoms with van der Waals surface area (Å²) in [4.78, 5) is 15.0. The lowest BCUT2D eigenvalue weighted by molar-refractivity contribution is 0.244. The van der Waals surface area contributed by atoms with Gasteiger partial charge in [0.2, 0.25) is 10.0 Å². The largest absolute Gasteiger partial charge is 0.334 e. The zero-order valence-electron chi connectivity index (χ0n) is 16.4. The molecule has 2 aromatic rings. The fourth-order valence-corrected chi connectivity index (χ4v) is 5.22. The Bertz CT molecular complexity index is 1050. The highest BCUT2D eigenvalue weighted by atomic mass is 79.9. The number of nitrogens with zero attached hydrogens (tertiary/aromatic N) is 1. The summed E-state index contributed by atoms with van der Waals surface area (Å²) in [6, 6.07) is 12.5. The second kappa shape index (κ2) is 7.41. The molecule has 1 fully saturated rings. The number of rotatable bonds is 5. The molecule has 6 nitrogen and oxygen atoms in total. The molecule has 0 spiro atoms. The van der Waals surface area contributed by atoms with Gasteiger partial charge in [0.15, 0.2) is 0 Å². The third-order valence-electron chi connectivity index (χ3n) is 6.02. The minimum absolute atomic E-state index is 0.0143. The lowest BCUT2D eigenvalue weighted by atomic mass is 9.80. The van der Waals surface area contributed by atoms with Gasteiger partial charge in [-0.1, -0.05) is 35.0 Å². The van der Waals surface area contributed by atoms with Gasteiger partial charge in [-0.15, -0.1) is 0 Å². The van der Waals surface area contributed by atoms with Gasteiger partial charge < -0.3 is 5.32 Å². The normalized spacial score (nSPS) is 21.1. The smallest absolute Gasteiger partial charge is 0.322 e. The molecule has 1 heterocycles. The maximum Gasteiger partial charge on any atom is 0.322 e. The predicted molar refractivity (Wildman–Crippen MR) is 116 cm³/mol. The molecule has 1 aliphatic carbocycles. The number of anilines is 1. The minimum atomic E-state index is -3.46. The van der Waals surface area contributed by atoms with Gasteiger partial charge in [0, 0.05) is 28.7 Å². The SMILES string of the molecule is CNS(=O)(=O)c1ccc(CNC(=O)N2CC(C)(C3CC3)c3cc(Br)ccc32)cc1. The number of benzene rings is 2. The molecule has 0 bridgehead atoms. The first-order valence-corrected chi connectivity index (χ1v) is 11.9. The molecule has 1 saturated carbocycles. The van der Waals surface area contributed by atoms with Crippen molar-refractivity contribution in [2.45, 2.75) is 36.6 Å². The number of amides is 2. The standard InChI is InChI=1S/C21H24BrN3O3S/c1-21(15-5-6-15)13-25(19-10-7-16(22)11-18(19)21)20(26)24-12-14-3-8-17(9-4-14)29(27,28)23-2/h3-4,7-11,15,23H,5-6,12-13H2,1-2H3,(H,24,26). The summed E-state index contributed by atoms with van der Waals surface area (Å²) in [5, 5.41) is 2.98. The molecule has 1 aliphatic heterocycles. The Morgan fingerprint density at radius 1 is 1.21 bits per heavy atom. The molecule has 2 aliphatic rings. The Hall–Kier alpha value is -1.90. The maximum absolute atomic E-state index is 13.0. The topological polar surface area (TPSA) is 78.5 Å². The molecule has 154 valence electrons. The van der Waals surface area contributed by atoms with Gasteiger partial charge in [-0.25, -0.2) is 17.9 Å². The zero-order chi connectivity index (χ0) is 20.8. The van der Waals surface area contributed by atoms with Crippen LogP contribution in [0.3, 0.4) is 0 Å². The van der Waals surface area contributed by atoms with Crippen LogP contribution in [0.5, 0.6) is 0 Å². The van der Waals surface area contributed by atoms with Crippen molar-refractivity contribution >= 4 is 37.7 Å². The quantitative estimate of drug-likeness (QED) is 0.687. The van der Waals surface area contributed by atoms with E-state index in [1.54, 1.807) is 24.3 Å². The van der Waals surface area contributed by atoms with Crippen molar-refractivity contribution in [3.8, 4) is 0 Å². The van der Waals surface area contributed by atoms with Crippen molar-refractivity contribution in [2.75, 3.05) is 18.5 Å². The third kappa shape index (κ3) is 3.81. The fourth-order valence-electron chi connectivity index (χ4n) is 4.13. The van der Waals surface area contributed by atoms with Gasteiger partial charge in [0.05, 0.1) is 4.90 Å². The van der Waals surface area contributed by atoms with E-state index in [2.05, 4.69) is 39.0 Å². The molecule has 29 heavy (non-hydrogen) atoms. The van der Waals surface area contributed by atoms with E-state index in [1.165, 1.54) is 25.5 Å². The Morgan fingerprint density at radius 3 is 2.52 bits per heavy atom. The van der Waals surface area contributed by atoms with Crippen LogP contribution in [0.4, 0.5) is 10.5 Å². The number of carbonyl (C=O) groups excluding carboxylic acids is 1. The Morgan fingerprint density at radius 2 is 1.90 bits per heavy atom. The average molecular weight is 478 g/mol. The number of hydrogen-bond donors (Lipinski definition) is 2. The van der Waals surface area contributed by atoms with Gasteiger partial charge in [-0.3, -0.25) is 4.90 Å². The van der Waals surface area contributed by atoms with Crippen LogP contribution in [0.15, 0.2) is 51.8 Å². The molecule has 2 N–H and O–H groups in total. The average Bonchev–Trinajstić information content (AvgIpc) is 3.53. The molecule has 0 aromatic heterocycles. The van der Waals surface area contributed by atoms with Gasteiger partial charge in [-0.2, -0.15) is 0 Å². The highest BCUT2D eigenvalue weighted by molar-refractivity contribution is 9.10. The molecule has 0 radical (unpaired) electrons. The molecule has 0 saturated heterocycles.